The number of nitriles is 1. The van der Waals surface area contributed by atoms with Crippen LogP contribution in [-0.2, 0) is 0 Å². The summed E-state index contributed by atoms with van der Waals surface area (Å²) < 4.78 is 1.04. The number of hydrogen-bond donors (Lipinski definition) is 1. The second-order valence-electron chi connectivity index (χ2n) is 5.10. The van der Waals surface area contributed by atoms with Crippen LogP contribution < -0.4 is 5.32 Å². The Morgan fingerprint density at radius 3 is 2.31 bits per heavy atom. The topological polar surface area (TPSA) is 35.8 Å². The van der Waals surface area contributed by atoms with E-state index in [0.717, 1.165) is 16.6 Å². The van der Waals surface area contributed by atoms with Crippen LogP contribution >= 0.6 is 15.9 Å². The number of halogens is 1. The Bertz CT molecular complexity index is 370. The first-order chi connectivity index (χ1) is 7.40. The van der Waals surface area contributed by atoms with Gasteiger partial charge in [-0.05, 0) is 36.1 Å². The van der Waals surface area contributed by atoms with Gasteiger partial charge in [0.15, 0.2) is 0 Å². The molecule has 0 bridgehead atoms. The summed E-state index contributed by atoms with van der Waals surface area (Å²) in [6, 6.07) is 10.0. The van der Waals surface area contributed by atoms with E-state index < -0.39 is 0 Å². The molecule has 0 saturated carbocycles. The third kappa shape index (κ3) is 4.67. The minimum Gasteiger partial charge on any atom is -0.370 e. The summed E-state index contributed by atoms with van der Waals surface area (Å²) in [4.78, 5) is 0. The van der Waals surface area contributed by atoms with E-state index in [0.29, 0.717) is 0 Å². The van der Waals surface area contributed by atoms with Crippen molar-refractivity contribution in [3.63, 3.8) is 0 Å². The number of benzene rings is 1. The number of nitrogens with zero attached hydrogens (tertiary/aromatic N) is 1. The van der Waals surface area contributed by atoms with Gasteiger partial charge < -0.3 is 5.32 Å². The van der Waals surface area contributed by atoms with Crippen molar-refractivity contribution >= 4 is 21.6 Å². The Kier molecular flexibility index (Phi) is 4.37. The average Bonchev–Trinajstić information content (AvgIpc) is 2.18. The zero-order valence-electron chi connectivity index (χ0n) is 9.92. The van der Waals surface area contributed by atoms with Crippen molar-refractivity contribution in [2.24, 2.45) is 5.41 Å². The van der Waals surface area contributed by atoms with E-state index in [4.69, 9.17) is 5.26 Å². The Balaban J connectivity index is 2.64. The molecule has 2 nitrogen and oxygen atoms in total. The molecule has 0 radical (unpaired) electrons. The molecular weight excluding hydrogens is 264 g/mol. The summed E-state index contributed by atoms with van der Waals surface area (Å²) in [6.07, 6.45) is 0.833. The molecule has 0 saturated heterocycles. The first-order valence-electron chi connectivity index (χ1n) is 5.32. The minimum absolute atomic E-state index is 0.138. The van der Waals surface area contributed by atoms with E-state index in [2.05, 4.69) is 48.1 Å². The maximum atomic E-state index is 9.08. The highest BCUT2D eigenvalue weighted by Gasteiger charge is 2.18. The van der Waals surface area contributed by atoms with Crippen LogP contribution in [0, 0.1) is 16.7 Å². The molecule has 1 rings (SSSR count). The van der Waals surface area contributed by atoms with Gasteiger partial charge in [-0.2, -0.15) is 5.26 Å². The highest BCUT2D eigenvalue weighted by Crippen LogP contribution is 2.23. The van der Waals surface area contributed by atoms with Crippen LogP contribution in [0.25, 0.3) is 0 Å². The molecule has 3 heteroatoms. The molecule has 86 valence electrons. The highest BCUT2D eigenvalue weighted by atomic mass is 79.9. The molecule has 1 unspecified atom stereocenters. The van der Waals surface area contributed by atoms with E-state index in [1.165, 1.54) is 0 Å². The maximum Gasteiger partial charge on any atom is 0.114 e. The van der Waals surface area contributed by atoms with Gasteiger partial charge in [0, 0.05) is 10.2 Å². The van der Waals surface area contributed by atoms with Gasteiger partial charge in [-0.3, -0.25) is 0 Å². The summed E-state index contributed by atoms with van der Waals surface area (Å²) in [6.45, 7) is 6.42. The monoisotopic (exact) mass is 280 g/mol. The molecular formula is C13H17BrN2. The number of anilines is 1. The van der Waals surface area contributed by atoms with Gasteiger partial charge in [0.1, 0.15) is 6.04 Å². The first-order valence-corrected chi connectivity index (χ1v) is 6.12. The van der Waals surface area contributed by atoms with Crippen LogP contribution in [0.5, 0.6) is 0 Å². The zero-order chi connectivity index (χ0) is 12.2. The van der Waals surface area contributed by atoms with Crippen LogP contribution in [0.1, 0.15) is 27.2 Å². The summed E-state index contributed by atoms with van der Waals surface area (Å²) in [5.41, 5.74) is 1.14. The summed E-state index contributed by atoms with van der Waals surface area (Å²) in [7, 11) is 0. The van der Waals surface area contributed by atoms with Crippen LogP contribution in [0.4, 0.5) is 5.69 Å². The Labute approximate surface area is 106 Å². The van der Waals surface area contributed by atoms with Gasteiger partial charge in [0.2, 0.25) is 0 Å². The van der Waals surface area contributed by atoms with Crippen LogP contribution in [0.15, 0.2) is 28.7 Å². The fourth-order valence-electron chi connectivity index (χ4n) is 1.49. The smallest absolute Gasteiger partial charge is 0.114 e. The molecule has 0 amide bonds. The van der Waals surface area contributed by atoms with Crippen molar-refractivity contribution in [1.82, 2.24) is 0 Å². The van der Waals surface area contributed by atoms with Crippen molar-refractivity contribution in [3.05, 3.63) is 28.7 Å². The lowest BCUT2D eigenvalue weighted by atomic mass is 9.88. The number of hydrogen-bond acceptors (Lipinski definition) is 2. The normalized spacial score (nSPS) is 12.9. The van der Waals surface area contributed by atoms with E-state index in [9.17, 15) is 0 Å². The van der Waals surface area contributed by atoms with Gasteiger partial charge in [0.05, 0.1) is 6.07 Å². The Morgan fingerprint density at radius 1 is 1.31 bits per heavy atom. The standard InChI is InChI=1S/C13H17BrN2/c1-13(2,3)8-12(9-15)16-11-6-4-10(14)5-7-11/h4-7,12,16H,8H2,1-3H3. The van der Waals surface area contributed by atoms with Crippen molar-refractivity contribution < 1.29 is 0 Å². The Hall–Kier alpha value is -1.01. The average molecular weight is 281 g/mol. The predicted molar refractivity (Wildman–Crippen MR) is 71.2 cm³/mol. The molecule has 1 aromatic rings. The molecule has 1 aromatic carbocycles. The van der Waals surface area contributed by atoms with Crippen molar-refractivity contribution in [2.45, 2.75) is 33.2 Å². The van der Waals surface area contributed by atoms with Crippen molar-refractivity contribution in [3.8, 4) is 6.07 Å². The van der Waals surface area contributed by atoms with Gasteiger partial charge >= 0.3 is 0 Å². The third-order valence-electron chi connectivity index (χ3n) is 2.16. The van der Waals surface area contributed by atoms with Gasteiger partial charge in [-0.15, -0.1) is 0 Å². The molecule has 0 aliphatic heterocycles. The SMILES string of the molecule is CC(C)(C)CC(C#N)Nc1ccc(Br)cc1. The van der Waals surface area contributed by atoms with Crippen molar-refractivity contribution in [1.29, 1.82) is 5.26 Å². The van der Waals surface area contributed by atoms with Crippen LogP contribution in [0.2, 0.25) is 0 Å². The van der Waals surface area contributed by atoms with Gasteiger partial charge in [0.25, 0.3) is 0 Å². The van der Waals surface area contributed by atoms with Crippen molar-refractivity contribution in [2.75, 3.05) is 5.32 Å². The summed E-state index contributed by atoms with van der Waals surface area (Å²) in [5, 5.41) is 12.3. The first kappa shape index (κ1) is 13.1. The molecule has 0 aliphatic carbocycles. The molecule has 0 spiro atoms. The van der Waals surface area contributed by atoms with Gasteiger partial charge in [-0.25, -0.2) is 0 Å². The minimum atomic E-state index is -0.138. The predicted octanol–water partition coefficient (Wildman–Crippen LogP) is 4.19. The lowest BCUT2D eigenvalue weighted by Gasteiger charge is -2.22. The lowest BCUT2D eigenvalue weighted by molar-refractivity contribution is 0.370. The van der Waals surface area contributed by atoms with E-state index in [1.54, 1.807) is 0 Å². The van der Waals surface area contributed by atoms with E-state index >= 15 is 0 Å². The van der Waals surface area contributed by atoms with E-state index in [1.807, 2.05) is 24.3 Å². The summed E-state index contributed by atoms with van der Waals surface area (Å²) >= 11 is 3.38. The molecule has 1 atom stereocenters. The molecule has 16 heavy (non-hydrogen) atoms. The van der Waals surface area contributed by atoms with Crippen LogP contribution in [-0.4, -0.2) is 6.04 Å². The third-order valence-corrected chi connectivity index (χ3v) is 2.69. The number of rotatable bonds is 3. The molecule has 0 heterocycles. The second kappa shape index (κ2) is 5.36. The molecule has 0 fully saturated rings. The molecule has 0 aromatic heterocycles. The van der Waals surface area contributed by atoms with Crippen LogP contribution in [0.3, 0.4) is 0 Å². The van der Waals surface area contributed by atoms with Gasteiger partial charge in [-0.1, -0.05) is 36.7 Å². The number of nitrogens with one attached hydrogen (secondary N) is 1. The van der Waals surface area contributed by atoms with E-state index in [-0.39, 0.29) is 11.5 Å². The largest absolute Gasteiger partial charge is 0.370 e. The zero-order valence-corrected chi connectivity index (χ0v) is 11.5. The fourth-order valence-corrected chi connectivity index (χ4v) is 1.75. The lowest BCUT2D eigenvalue weighted by Crippen LogP contribution is -2.23. The summed E-state index contributed by atoms with van der Waals surface area (Å²) in [5.74, 6) is 0. The highest BCUT2D eigenvalue weighted by molar-refractivity contribution is 9.10. The molecule has 0 aliphatic rings. The quantitative estimate of drug-likeness (QED) is 0.901. The molecule has 1 N–H and O–H groups in total. The fraction of sp³-hybridized carbons (Fsp3) is 0.462. The Morgan fingerprint density at radius 2 is 1.88 bits per heavy atom. The maximum absolute atomic E-state index is 9.08. The second-order valence-corrected chi connectivity index (χ2v) is 6.01.